The lowest BCUT2D eigenvalue weighted by Crippen LogP contribution is -2.25. The number of hydrogen-bond donors (Lipinski definition) is 1. The average molecular weight is 206 g/mol. The Morgan fingerprint density at radius 2 is 2.00 bits per heavy atom. The van der Waals surface area contributed by atoms with Gasteiger partial charge in [0, 0.05) is 13.2 Å². The molecule has 0 spiro atoms. The van der Waals surface area contributed by atoms with Crippen LogP contribution in [0.4, 0.5) is 0 Å². The molecule has 2 heteroatoms. The van der Waals surface area contributed by atoms with Gasteiger partial charge in [-0.25, -0.2) is 0 Å². The maximum Gasteiger partial charge on any atom is 0.0455 e. The van der Waals surface area contributed by atoms with E-state index in [1.165, 1.54) is 16.7 Å². The SMILES string of the molecule is Cc1ccc(C(C)C)cc1CN(C)CN. The molecule has 1 aromatic rings. The monoisotopic (exact) mass is 206 g/mol. The van der Waals surface area contributed by atoms with Gasteiger partial charge in [-0.3, -0.25) is 4.90 Å². The van der Waals surface area contributed by atoms with Crippen molar-refractivity contribution in [2.24, 2.45) is 5.73 Å². The number of aryl methyl sites for hydroxylation is 1. The molecule has 0 atom stereocenters. The molecule has 0 fully saturated rings. The largest absolute Gasteiger partial charge is 0.318 e. The fourth-order valence-electron chi connectivity index (χ4n) is 1.58. The summed E-state index contributed by atoms with van der Waals surface area (Å²) in [6.45, 7) is 8.14. The highest BCUT2D eigenvalue weighted by Crippen LogP contribution is 2.19. The molecule has 15 heavy (non-hydrogen) atoms. The van der Waals surface area contributed by atoms with E-state index in [1.807, 2.05) is 7.05 Å². The molecule has 0 radical (unpaired) electrons. The van der Waals surface area contributed by atoms with E-state index in [9.17, 15) is 0 Å². The molecule has 1 aromatic carbocycles. The molecular weight excluding hydrogens is 184 g/mol. The molecule has 84 valence electrons. The lowest BCUT2D eigenvalue weighted by molar-refractivity contribution is 0.336. The van der Waals surface area contributed by atoms with Crippen molar-refractivity contribution in [1.29, 1.82) is 0 Å². The van der Waals surface area contributed by atoms with E-state index in [0.29, 0.717) is 12.6 Å². The van der Waals surface area contributed by atoms with Crippen molar-refractivity contribution in [3.8, 4) is 0 Å². The highest BCUT2D eigenvalue weighted by Gasteiger charge is 2.05. The van der Waals surface area contributed by atoms with Crippen LogP contribution in [-0.4, -0.2) is 18.6 Å². The van der Waals surface area contributed by atoms with Crippen molar-refractivity contribution < 1.29 is 0 Å². The summed E-state index contributed by atoms with van der Waals surface area (Å²) in [6, 6.07) is 6.72. The van der Waals surface area contributed by atoms with Crippen LogP contribution in [0.25, 0.3) is 0 Å². The predicted octanol–water partition coefficient (Wildman–Crippen LogP) is 2.47. The summed E-state index contributed by atoms with van der Waals surface area (Å²) >= 11 is 0. The van der Waals surface area contributed by atoms with E-state index in [0.717, 1.165) is 6.54 Å². The van der Waals surface area contributed by atoms with Gasteiger partial charge >= 0.3 is 0 Å². The second-order valence-electron chi connectivity index (χ2n) is 4.54. The standard InChI is InChI=1S/C13H22N2/c1-10(2)12-6-5-11(3)13(7-12)8-15(4)9-14/h5-7,10H,8-9,14H2,1-4H3. The maximum absolute atomic E-state index is 5.59. The maximum atomic E-state index is 5.59. The van der Waals surface area contributed by atoms with Crippen molar-refractivity contribution in [2.45, 2.75) is 33.2 Å². The Bertz CT molecular complexity index is 318. The molecule has 0 unspecified atom stereocenters. The Morgan fingerprint density at radius 3 is 2.53 bits per heavy atom. The molecule has 0 heterocycles. The minimum absolute atomic E-state index is 0.590. The van der Waals surface area contributed by atoms with E-state index in [1.54, 1.807) is 0 Å². The number of nitrogens with zero attached hydrogens (tertiary/aromatic N) is 1. The molecule has 0 aliphatic heterocycles. The fraction of sp³-hybridized carbons (Fsp3) is 0.538. The molecule has 2 N–H and O–H groups in total. The second kappa shape index (κ2) is 5.29. The number of nitrogens with two attached hydrogens (primary N) is 1. The van der Waals surface area contributed by atoms with Gasteiger partial charge in [0.1, 0.15) is 0 Å². The van der Waals surface area contributed by atoms with Gasteiger partial charge in [0.25, 0.3) is 0 Å². The van der Waals surface area contributed by atoms with Crippen LogP contribution < -0.4 is 5.73 Å². The lowest BCUT2D eigenvalue weighted by atomic mass is 9.98. The third-order valence-electron chi connectivity index (χ3n) is 2.79. The van der Waals surface area contributed by atoms with E-state index < -0.39 is 0 Å². The molecule has 0 aromatic heterocycles. The van der Waals surface area contributed by atoms with Gasteiger partial charge in [0.15, 0.2) is 0 Å². The normalized spacial score (nSPS) is 11.4. The fourth-order valence-corrected chi connectivity index (χ4v) is 1.58. The minimum atomic E-state index is 0.590. The van der Waals surface area contributed by atoms with Crippen LogP contribution in [0.1, 0.15) is 36.5 Å². The summed E-state index contributed by atoms with van der Waals surface area (Å²) in [5.41, 5.74) is 9.73. The van der Waals surface area contributed by atoms with Crippen molar-refractivity contribution in [3.63, 3.8) is 0 Å². The number of hydrogen-bond acceptors (Lipinski definition) is 2. The molecule has 0 bridgehead atoms. The first kappa shape index (κ1) is 12.2. The van der Waals surface area contributed by atoms with E-state index >= 15 is 0 Å². The molecular formula is C13H22N2. The summed E-state index contributed by atoms with van der Waals surface area (Å²) < 4.78 is 0. The smallest absolute Gasteiger partial charge is 0.0455 e. The summed E-state index contributed by atoms with van der Waals surface area (Å²) in [5, 5.41) is 0. The Kier molecular flexibility index (Phi) is 4.30. The van der Waals surface area contributed by atoms with Crippen LogP contribution in [0.3, 0.4) is 0 Å². The van der Waals surface area contributed by atoms with Crippen LogP contribution in [0, 0.1) is 6.92 Å². The highest BCUT2D eigenvalue weighted by molar-refractivity contribution is 5.32. The zero-order valence-electron chi connectivity index (χ0n) is 10.2. The van der Waals surface area contributed by atoms with Gasteiger partial charge in [0.2, 0.25) is 0 Å². The molecule has 0 saturated heterocycles. The molecule has 1 rings (SSSR count). The quantitative estimate of drug-likeness (QED) is 0.767. The van der Waals surface area contributed by atoms with Gasteiger partial charge < -0.3 is 5.73 Å². The minimum Gasteiger partial charge on any atom is -0.318 e. The van der Waals surface area contributed by atoms with Gasteiger partial charge in [-0.15, -0.1) is 0 Å². The van der Waals surface area contributed by atoms with E-state index in [4.69, 9.17) is 5.73 Å². The third-order valence-corrected chi connectivity index (χ3v) is 2.79. The molecule has 2 nitrogen and oxygen atoms in total. The first-order chi connectivity index (χ1) is 7.04. The summed E-state index contributed by atoms with van der Waals surface area (Å²) in [7, 11) is 2.04. The molecule has 0 saturated carbocycles. The Balaban J connectivity index is 2.90. The average Bonchev–Trinajstić information content (AvgIpc) is 2.20. The molecule has 0 aliphatic carbocycles. The van der Waals surface area contributed by atoms with Crippen LogP contribution in [0.5, 0.6) is 0 Å². The van der Waals surface area contributed by atoms with Crippen molar-refractivity contribution >= 4 is 0 Å². The van der Waals surface area contributed by atoms with Crippen molar-refractivity contribution in [1.82, 2.24) is 4.90 Å². The van der Waals surface area contributed by atoms with Crippen LogP contribution in [0.15, 0.2) is 18.2 Å². The van der Waals surface area contributed by atoms with Gasteiger partial charge in [-0.1, -0.05) is 32.0 Å². The Labute approximate surface area is 93.1 Å². The number of rotatable bonds is 4. The zero-order chi connectivity index (χ0) is 11.4. The first-order valence-corrected chi connectivity index (χ1v) is 5.52. The highest BCUT2D eigenvalue weighted by atomic mass is 15.1. The second-order valence-corrected chi connectivity index (χ2v) is 4.54. The van der Waals surface area contributed by atoms with Crippen LogP contribution in [-0.2, 0) is 6.54 Å². The van der Waals surface area contributed by atoms with E-state index in [-0.39, 0.29) is 0 Å². The zero-order valence-corrected chi connectivity index (χ0v) is 10.2. The topological polar surface area (TPSA) is 29.3 Å². The summed E-state index contributed by atoms with van der Waals surface area (Å²) in [6.07, 6.45) is 0. The van der Waals surface area contributed by atoms with Gasteiger partial charge in [-0.2, -0.15) is 0 Å². The lowest BCUT2D eigenvalue weighted by Gasteiger charge is -2.17. The predicted molar refractivity (Wildman–Crippen MR) is 65.8 cm³/mol. The Hall–Kier alpha value is -0.860. The number of benzene rings is 1. The van der Waals surface area contributed by atoms with Gasteiger partial charge in [0.05, 0.1) is 0 Å². The van der Waals surface area contributed by atoms with Crippen molar-refractivity contribution in [2.75, 3.05) is 13.7 Å². The van der Waals surface area contributed by atoms with E-state index in [2.05, 4.69) is 43.9 Å². The first-order valence-electron chi connectivity index (χ1n) is 5.52. The van der Waals surface area contributed by atoms with Crippen LogP contribution in [0.2, 0.25) is 0 Å². The Morgan fingerprint density at radius 1 is 1.33 bits per heavy atom. The van der Waals surface area contributed by atoms with Crippen LogP contribution >= 0.6 is 0 Å². The molecule has 0 aliphatic rings. The van der Waals surface area contributed by atoms with Gasteiger partial charge in [-0.05, 0) is 36.6 Å². The summed E-state index contributed by atoms with van der Waals surface area (Å²) in [4.78, 5) is 2.12. The summed E-state index contributed by atoms with van der Waals surface area (Å²) in [5.74, 6) is 0.590. The van der Waals surface area contributed by atoms with Crippen molar-refractivity contribution in [3.05, 3.63) is 34.9 Å². The molecule has 0 amide bonds. The third kappa shape index (κ3) is 3.33.